The average Bonchev–Trinajstić information content (AvgIpc) is 3.22. The van der Waals surface area contributed by atoms with Crippen molar-refractivity contribution in [1.29, 1.82) is 0 Å². The quantitative estimate of drug-likeness (QED) is 0.309. The number of fused-ring (bicyclic) bond motifs is 1. The van der Waals surface area contributed by atoms with E-state index in [1.807, 2.05) is 0 Å². The standard InChI is InChI=1S/C28H25ClF4N6O3/c1-34-26(41)21-8-7-19(13-35-21)39-22-9-4-17(30)11-23(22)38(27(39)42)14-15-2-5-18(6-3-15)37-25(40)20-10-16(29)12-36-24(20)28(31,32)33/h4,7-13,15,18H,2-3,5-6,14H2,1H3,(H,34,41)(H,37,40)/t15-,18-. The zero-order valence-electron chi connectivity index (χ0n) is 22.2. The summed E-state index contributed by atoms with van der Waals surface area (Å²) in [5, 5.41) is 5.05. The first kappa shape index (κ1) is 29.2. The van der Waals surface area contributed by atoms with Crippen LogP contribution in [0.3, 0.4) is 0 Å². The molecule has 0 radical (unpaired) electrons. The molecule has 0 bridgehead atoms. The minimum atomic E-state index is -4.82. The number of nitrogens with zero attached hydrogens (tertiary/aromatic N) is 4. The summed E-state index contributed by atoms with van der Waals surface area (Å²) in [5.41, 5.74) is -0.923. The largest absolute Gasteiger partial charge is 0.434 e. The second-order valence-corrected chi connectivity index (χ2v) is 10.5. The first-order valence-electron chi connectivity index (χ1n) is 13.1. The summed E-state index contributed by atoms with van der Waals surface area (Å²) >= 11 is 5.80. The Morgan fingerprint density at radius 1 is 1.00 bits per heavy atom. The third-order valence-electron chi connectivity index (χ3n) is 7.35. The normalized spacial score (nSPS) is 17.3. The van der Waals surface area contributed by atoms with Crippen LogP contribution in [0.1, 0.15) is 52.2 Å². The predicted molar refractivity (Wildman–Crippen MR) is 146 cm³/mol. The molecule has 0 spiro atoms. The molecule has 0 atom stereocenters. The maximum Gasteiger partial charge on any atom is 0.434 e. The summed E-state index contributed by atoms with van der Waals surface area (Å²) in [4.78, 5) is 45.6. The minimum Gasteiger partial charge on any atom is -0.354 e. The fourth-order valence-corrected chi connectivity index (χ4v) is 5.44. The van der Waals surface area contributed by atoms with Gasteiger partial charge in [-0.2, -0.15) is 13.2 Å². The molecule has 5 rings (SSSR count). The monoisotopic (exact) mass is 604 g/mol. The van der Waals surface area contributed by atoms with Crippen LogP contribution < -0.4 is 16.3 Å². The summed E-state index contributed by atoms with van der Waals surface area (Å²) in [5.74, 6) is -1.81. The number of hydrogen-bond acceptors (Lipinski definition) is 5. The molecular formula is C28H25ClF4N6O3. The van der Waals surface area contributed by atoms with E-state index < -0.39 is 34.8 Å². The van der Waals surface area contributed by atoms with Crippen molar-refractivity contribution < 1.29 is 27.2 Å². The van der Waals surface area contributed by atoms with Gasteiger partial charge in [-0.1, -0.05) is 11.6 Å². The molecule has 1 aliphatic carbocycles. The van der Waals surface area contributed by atoms with Gasteiger partial charge in [-0.25, -0.2) is 19.2 Å². The lowest BCUT2D eigenvalue weighted by Gasteiger charge is -2.29. The van der Waals surface area contributed by atoms with E-state index >= 15 is 0 Å². The molecule has 1 aliphatic rings. The number of benzene rings is 1. The van der Waals surface area contributed by atoms with E-state index in [1.165, 1.54) is 46.6 Å². The number of aromatic nitrogens is 4. The van der Waals surface area contributed by atoms with Gasteiger partial charge < -0.3 is 10.6 Å². The minimum absolute atomic E-state index is 0.00880. The Balaban J connectivity index is 1.33. The molecule has 4 aromatic rings. The number of amides is 2. The molecule has 42 heavy (non-hydrogen) atoms. The second kappa shape index (κ2) is 11.6. The van der Waals surface area contributed by atoms with E-state index in [4.69, 9.17) is 11.6 Å². The number of pyridine rings is 2. The lowest BCUT2D eigenvalue weighted by Crippen LogP contribution is -2.39. The van der Waals surface area contributed by atoms with Gasteiger partial charge in [0.15, 0.2) is 5.69 Å². The van der Waals surface area contributed by atoms with Crippen molar-refractivity contribution in [1.82, 2.24) is 29.7 Å². The van der Waals surface area contributed by atoms with Crippen LogP contribution in [0.5, 0.6) is 0 Å². The van der Waals surface area contributed by atoms with Crippen molar-refractivity contribution in [2.45, 2.75) is 44.4 Å². The number of hydrogen-bond donors (Lipinski definition) is 2. The van der Waals surface area contributed by atoms with E-state index in [0.717, 1.165) is 12.3 Å². The molecular weight excluding hydrogens is 580 g/mol. The van der Waals surface area contributed by atoms with E-state index in [0.29, 0.717) is 42.4 Å². The Labute approximate surface area is 241 Å². The van der Waals surface area contributed by atoms with Gasteiger partial charge in [-0.3, -0.25) is 18.7 Å². The van der Waals surface area contributed by atoms with Crippen molar-refractivity contribution in [2.75, 3.05) is 7.05 Å². The molecule has 9 nitrogen and oxygen atoms in total. The van der Waals surface area contributed by atoms with Gasteiger partial charge in [0, 0.05) is 25.8 Å². The van der Waals surface area contributed by atoms with Crippen molar-refractivity contribution in [3.8, 4) is 5.69 Å². The summed E-state index contributed by atoms with van der Waals surface area (Å²) < 4.78 is 57.2. The molecule has 0 unspecified atom stereocenters. The fourth-order valence-electron chi connectivity index (χ4n) is 5.28. The Bertz CT molecular complexity index is 1710. The van der Waals surface area contributed by atoms with Crippen molar-refractivity contribution >= 4 is 34.4 Å². The van der Waals surface area contributed by atoms with Crippen LogP contribution in [0.4, 0.5) is 17.6 Å². The fraction of sp³-hybridized carbons (Fsp3) is 0.321. The summed E-state index contributed by atoms with van der Waals surface area (Å²) in [6.45, 7) is 0.270. The molecule has 1 aromatic carbocycles. The number of halogens is 5. The van der Waals surface area contributed by atoms with Gasteiger partial charge >= 0.3 is 11.9 Å². The van der Waals surface area contributed by atoms with Crippen LogP contribution >= 0.6 is 11.6 Å². The number of alkyl halides is 3. The van der Waals surface area contributed by atoms with E-state index in [2.05, 4.69) is 20.6 Å². The van der Waals surface area contributed by atoms with Gasteiger partial charge in [0.25, 0.3) is 11.8 Å². The lowest BCUT2D eigenvalue weighted by molar-refractivity contribution is -0.141. The predicted octanol–water partition coefficient (Wildman–Crippen LogP) is 4.74. The summed E-state index contributed by atoms with van der Waals surface area (Å²) in [7, 11) is 1.48. The van der Waals surface area contributed by atoms with E-state index in [1.54, 1.807) is 6.07 Å². The third kappa shape index (κ3) is 5.87. The highest BCUT2D eigenvalue weighted by atomic mass is 35.5. The smallest absolute Gasteiger partial charge is 0.354 e. The molecule has 3 heterocycles. The van der Waals surface area contributed by atoms with Gasteiger partial charge in [-0.15, -0.1) is 0 Å². The van der Waals surface area contributed by atoms with Crippen LogP contribution in [0, 0.1) is 11.7 Å². The Morgan fingerprint density at radius 3 is 2.38 bits per heavy atom. The third-order valence-corrected chi connectivity index (χ3v) is 7.55. The van der Waals surface area contributed by atoms with Gasteiger partial charge in [0.05, 0.1) is 33.5 Å². The van der Waals surface area contributed by atoms with Crippen molar-refractivity contribution in [2.24, 2.45) is 5.92 Å². The number of carbonyl (C=O) groups excluding carboxylic acids is 2. The van der Waals surface area contributed by atoms with Gasteiger partial charge in [0.1, 0.15) is 11.5 Å². The second-order valence-electron chi connectivity index (χ2n) is 10.1. The molecule has 1 fully saturated rings. The number of imidazole rings is 1. The summed E-state index contributed by atoms with van der Waals surface area (Å²) in [6, 6.07) is 7.67. The highest BCUT2D eigenvalue weighted by Gasteiger charge is 2.38. The highest BCUT2D eigenvalue weighted by molar-refractivity contribution is 6.30. The molecule has 2 N–H and O–H groups in total. The van der Waals surface area contributed by atoms with Crippen molar-refractivity contribution in [3.63, 3.8) is 0 Å². The topological polar surface area (TPSA) is 111 Å². The first-order chi connectivity index (χ1) is 20.0. The zero-order valence-corrected chi connectivity index (χ0v) is 23.0. The van der Waals surface area contributed by atoms with Crippen LogP contribution in [-0.4, -0.2) is 44.0 Å². The molecule has 0 aliphatic heterocycles. The van der Waals surface area contributed by atoms with Crippen molar-refractivity contribution in [3.05, 3.63) is 87.1 Å². The molecule has 3 aromatic heterocycles. The lowest BCUT2D eigenvalue weighted by atomic mass is 9.85. The van der Waals surface area contributed by atoms with Crippen LogP contribution in [0.25, 0.3) is 16.7 Å². The molecule has 2 amide bonds. The Morgan fingerprint density at radius 2 is 1.74 bits per heavy atom. The SMILES string of the molecule is CNC(=O)c1ccc(-n2c(=O)n(C[C@H]3CC[C@H](NC(=O)c4cc(Cl)cnc4C(F)(F)F)CC3)c3cc(F)ccc32)cn1. The van der Waals surface area contributed by atoms with Crippen LogP contribution in [-0.2, 0) is 12.7 Å². The zero-order chi connectivity index (χ0) is 30.2. The maximum atomic E-state index is 14.3. The molecule has 14 heteroatoms. The first-order valence-corrected chi connectivity index (χ1v) is 13.5. The van der Waals surface area contributed by atoms with Crippen LogP contribution in [0.2, 0.25) is 5.02 Å². The number of nitrogens with one attached hydrogen (secondary N) is 2. The number of rotatable bonds is 6. The number of carbonyl (C=O) groups is 2. The Hall–Kier alpha value is -4.26. The van der Waals surface area contributed by atoms with Gasteiger partial charge in [-0.05, 0) is 68.0 Å². The van der Waals surface area contributed by atoms with Crippen LogP contribution in [0.15, 0.2) is 53.6 Å². The summed E-state index contributed by atoms with van der Waals surface area (Å²) in [6.07, 6.45) is -0.497. The highest BCUT2D eigenvalue weighted by Crippen LogP contribution is 2.32. The van der Waals surface area contributed by atoms with E-state index in [9.17, 15) is 31.9 Å². The van der Waals surface area contributed by atoms with E-state index in [-0.39, 0.29) is 35.1 Å². The Kier molecular flexibility index (Phi) is 8.04. The molecule has 220 valence electrons. The average molecular weight is 605 g/mol. The molecule has 1 saturated carbocycles. The van der Waals surface area contributed by atoms with Gasteiger partial charge in [0.2, 0.25) is 0 Å². The molecule has 0 saturated heterocycles. The maximum absolute atomic E-state index is 14.3.